The van der Waals surface area contributed by atoms with Gasteiger partial charge >= 0.3 is 0 Å². The molecule has 0 amide bonds. The van der Waals surface area contributed by atoms with Gasteiger partial charge in [-0.2, -0.15) is 0 Å². The number of aliphatic imine (C=N–C) groups is 10. The van der Waals surface area contributed by atoms with E-state index in [1.54, 1.807) is 48.6 Å². The molecule has 0 spiro atoms. The van der Waals surface area contributed by atoms with Crippen molar-refractivity contribution in [3.63, 3.8) is 0 Å². The van der Waals surface area contributed by atoms with E-state index < -0.39 is 0 Å². The summed E-state index contributed by atoms with van der Waals surface area (Å²) in [5.74, 6) is 0. The number of unbranched alkanes of at least 4 members (excludes halogenated alkanes) is 29. The van der Waals surface area contributed by atoms with Gasteiger partial charge in [0.25, 0.3) is 0 Å². The van der Waals surface area contributed by atoms with Crippen LogP contribution in [0, 0.1) is 10.8 Å². The van der Waals surface area contributed by atoms with Crippen LogP contribution in [0.5, 0.6) is 0 Å². The Labute approximate surface area is 484 Å². The molecule has 2 atom stereocenters. The topological polar surface area (TPSA) is 294 Å². The molecule has 0 heterocycles. The molecule has 2 unspecified atom stereocenters. The first-order valence-electron chi connectivity index (χ1n) is 30.0. The van der Waals surface area contributed by atoms with Crippen LogP contribution in [0.1, 0.15) is 252 Å². The molecule has 0 saturated heterocycles. The first-order valence-corrected chi connectivity index (χ1v) is 30.0. The number of nitrogens with zero attached hydrogens (tertiary/aromatic N) is 10. The van der Waals surface area contributed by atoms with Gasteiger partial charge in [-0.05, 0) is 81.5 Å². The van der Waals surface area contributed by atoms with Gasteiger partial charge in [0.15, 0.2) is 0 Å². The highest BCUT2D eigenvalue weighted by Crippen LogP contribution is 2.47. The summed E-state index contributed by atoms with van der Waals surface area (Å²) < 4.78 is 0. The van der Waals surface area contributed by atoms with Crippen LogP contribution in [0.15, 0.2) is 49.9 Å². The Morgan fingerprint density at radius 3 is 0.617 bits per heavy atom. The van der Waals surface area contributed by atoms with Crippen molar-refractivity contribution >= 4 is 60.8 Å². The maximum absolute atomic E-state index is 10.3. The molecule has 454 valence electrons. The largest absolute Gasteiger partial charge is 0.235 e. The van der Waals surface area contributed by atoms with E-state index in [1.807, 2.05) is 0 Å². The second-order valence-electron chi connectivity index (χ2n) is 21.3. The average molecular weight is 1130 g/mol. The summed E-state index contributed by atoms with van der Waals surface area (Å²) in [6, 6.07) is 0.00750. The van der Waals surface area contributed by atoms with Gasteiger partial charge in [0.1, 0.15) is 0 Å². The van der Waals surface area contributed by atoms with Gasteiger partial charge < -0.3 is 0 Å². The van der Waals surface area contributed by atoms with Crippen molar-refractivity contribution in [3.05, 3.63) is 0 Å². The number of hydrogen-bond acceptors (Lipinski definition) is 20. The summed E-state index contributed by atoms with van der Waals surface area (Å²) in [4.78, 5) is 134. The van der Waals surface area contributed by atoms with E-state index in [0.29, 0.717) is 58.9 Å². The predicted octanol–water partition coefficient (Wildman–Crippen LogP) is 13.7. The van der Waals surface area contributed by atoms with Crippen molar-refractivity contribution < 1.29 is 47.9 Å². The van der Waals surface area contributed by atoms with Crippen LogP contribution in [0.25, 0.3) is 0 Å². The maximum Gasteiger partial charge on any atom is 0.235 e. The molecule has 0 N–H and O–H groups in total. The minimum atomic E-state index is -0.0653. The standard InChI is InChI=1S/C14H24N2O2.C13H22N2O2.C12H18N2O2.C12H20N2O2.C10H16N2O2/c17-13-15-11-9-7-5-3-1-2-4-6-8-10-12-16-14-18;16-12-14-10-8-6-4-2-1-3-5-7-9-11-15-13-17;1-11(2)4-10(14-9-16)5-12(3,6-11)7-13-8-15;15-11-13-9-7-5-3-1-2-4-6-8-10-14-12-16;13-9-11-7-5-3-1-2-4-6-8-12-10-14/h1-12H2;1-11H2;10H,4-7H2,1-3H3;1-10H2;1-8H2. The fourth-order valence-electron chi connectivity index (χ4n) is 9.40. The van der Waals surface area contributed by atoms with E-state index in [4.69, 9.17) is 0 Å². The number of rotatable bonds is 48. The summed E-state index contributed by atoms with van der Waals surface area (Å²) in [7, 11) is 0. The lowest BCUT2D eigenvalue weighted by Gasteiger charge is -2.44. The van der Waals surface area contributed by atoms with Crippen LogP contribution in [0.4, 0.5) is 0 Å². The Morgan fingerprint density at radius 1 is 0.259 bits per heavy atom. The molecule has 0 aromatic heterocycles. The molecule has 81 heavy (non-hydrogen) atoms. The van der Waals surface area contributed by atoms with Gasteiger partial charge in [0, 0.05) is 0 Å². The lowest BCUT2D eigenvalue weighted by molar-refractivity contribution is 0.0915. The Balaban J connectivity index is -0.000000458. The molecule has 0 bridgehead atoms. The third-order valence-corrected chi connectivity index (χ3v) is 13.1. The van der Waals surface area contributed by atoms with Crippen molar-refractivity contribution in [2.24, 2.45) is 60.8 Å². The summed E-state index contributed by atoms with van der Waals surface area (Å²) in [5, 5.41) is 0. The minimum Gasteiger partial charge on any atom is -0.211 e. The quantitative estimate of drug-likeness (QED) is 0.0315. The highest BCUT2D eigenvalue weighted by molar-refractivity contribution is 5.35. The zero-order valence-corrected chi connectivity index (χ0v) is 50.0. The van der Waals surface area contributed by atoms with E-state index in [-0.39, 0.29) is 16.9 Å². The second-order valence-corrected chi connectivity index (χ2v) is 21.3. The Hall–Kier alpha value is -6.20. The van der Waals surface area contributed by atoms with Crippen molar-refractivity contribution in [2.45, 2.75) is 258 Å². The number of isocyanates is 10. The molecule has 1 aliphatic rings. The molecular formula is C61H100N10O10. The molecule has 0 aromatic carbocycles. The molecule has 1 aliphatic carbocycles. The molecule has 0 radical (unpaired) electrons. The Bertz CT molecular complexity index is 1870. The second kappa shape index (κ2) is 71.8. The van der Waals surface area contributed by atoms with Gasteiger partial charge in [0.05, 0.1) is 64.9 Å². The lowest BCUT2D eigenvalue weighted by Crippen LogP contribution is -2.39. The summed E-state index contributed by atoms with van der Waals surface area (Å²) in [6.07, 6.45) is 56.3. The average Bonchev–Trinajstić information content (AvgIpc) is 3.45. The third-order valence-electron chi connectivity index (χ3n) is 13.1. The number of hydrogen-bond donors (Lipinski definition) is 0. The zero-order chi connectivity index (χ0) is 60.5. The smallest absolute Gasteiger partial charge is 0.211 e. The summed E-state index contributed by atoms with van der Waals surface area (Å²) in [5.41, 5.74) is 0.0561. The minimum absolute atomic E-state index is 0.00750. The Morgan fingerprint density at radius 2 is 0.444 bits per heavy atom. The van der Waals surface area contributed by atoms with Crippen LogP contribution < -0.4 is 0 Å². The van der Waals surface area contributed by atoms with Crippen molar-refractivity contribution in [1.29, 1.82) is 0 Å². The van der Waals surface area contributed by atoms with Crippen LogP contribution in [0.3, 0.4) is 0 Å². The van der Waals surface area contributed by atoms with Gasteiger partial charge in [-0.25, -0.2) is 97.9 Å². The molecule has 0 aromatic rings. The van der Waals surface area contributed by atoms with Gasteiger partial charge in [0.2, 0.25) is 60.8 Å². The van der Waals surface area contributed by atoms with Crippen LogP contribution in [-0.2, 0) is 47.9 Å². The normalized spacial score (nSPS) is 13.8. The molecule has 0 aliphatic heterocycles. The highest BCUT2D eigenvalue weighted by Gasteiger charge is 2.41. The molecule has 1 rings (SSSR count). The monoisotopic (exact) mass is 1130 g/mol. The van der Waals surface area contributed by atoms with Crippen molar-refractivity contribution in [2.75, 3.05) is 58.9 Å². The van der Waals surface area contributed by atoms with Gasteiger partial charge in [-0.1, -0.05) is 181 Å². The summed E-state index contributed by atoms with van der Waals surface area (Å²) >= 11 is 0. The Kier molecular flexibility index (Phi) is 72.1. The van der Waals surface area contributed by atoms with E-state index >= 15 is 0 Å². The van der Waals surface area contributed by atoms with E-state index in [0.717, 1.165) is 135 Å². The first kappa shape index (κ1) is 81.3. The van der Waals surface area contributed by atoms with Crippen molar-refractivity contribution in [1.82, 2.24) is 0 Å². The van der Waals surface area contributed by atoms with E-state index in [1.165, 1.54) is 108 Å². The van der Waals surface area contributed by atoms with Crippen LogP contribution >= 0.6 is 0 Å². The van der Waals surface area contributed by atoms with Crippen molar-refractivity contribution in [3.8, 4) is 0 Å². The maximum atomic E-state index is 10.3. The molecule has 1 saturated carbocycles. The zero-order valence-electron chi connectivity index (χ0n) is 50.0. The molecule has 20 heteroatoms. The molecule has 20 nitrogen and oxygen atoms in total. The van der Waals surface area contributed by atoms with E-state index in [2.05, 4.69) is 70.7 Å². The van der Waals surface area contributed by atoms with Crippen LogP contribution in [0.2, 0.25) is 0 Å². The molecular weight excluding hydrogens is 1030 g/mol. The highest BCUT2D eigenvalue weighted by atomic mass is 16.1. The lowest BCUT2D eigenvalue weighted by atomic mass is 9.63. The fourth-order valence-corrected chi connectivity index (χ4v) is 9.40. The van der Waals surface area contributed by atoms with Crippen LogP contribution in [-0.4, -0.2) is 126 Å². The number of carbonyl (C=O) groups excluding carboxylic acids is 10. The van der Waals surface area contributed by atoms with Gasteiger partial charge in [-0.3, -0.25) is 0 Å². The van der Waals surface area contributed by atoms with E-state index in [9.17, 15) is 47.9 Å². The SMILES string of the molecule is CC1(C)CC(N=C=O)CC(C)(CN=C=O)C1.O=C=NCCCCCCCCCCCCN=C=O.O=C=NCCCCCCCCCCCN=C=O.O=C=NCCCCCCCCCCN=C=O.O=C=NCCCCCCCCN=C=O. The molecule has 1 fully saturated rings. The fraction of sp³-hybridized carbons (Fsp3) is 0.836. The third kappa shape index (κ3) is 75.9. The first-order chi connectivity index (χ1) is 39.6. The predicted molar refractivity (Wildman–Crippen MR) is 317 cm³/mol. The summed E-state index contributed by atoms with van der Waals surface area (Å²) in [6.45, 7) is 11.8. The van der Waals surface area contributed by atoms with Gasteiger partial charge in [-0.15, -0.1) is 0 Å².